The summed E-state index contributed by atoms with van der Waals surface area (Å²) in [7, 11) is 2.02. The van der Waals surface area contributed by atoms with Gasteiger partial charge in [-0.3, -0.25) is 0 Å². The largest absolute Gasteiger partial charge is 0.385 e. The molecule has 0 saturated heterocycles. The van der Waals surface area contributed by atoms with Gasteiger partial charge in [-0.25, -0.2) is 0 Å². The molecule has 1 atom stereocenters. The fourth-order valence-corrected chi connectivity index (χ4v) is 2.01. The Labute approximate surface area is 79.4 Å². The van der Waals surface area contributed by atoms with E-state index in [1.54, 1.807) is 0 Å². The van der Waals surface area contributed by atoms with Gasteiger partial charge < -0.3 is 10.6 Å². The Balaban J connectivity index is 2.26. The number of hydrogen-bond acceptors (Lipinski definition) is 2. The minimum atomic E-state index is 0.683. The van der Waals surface area contributed by atoms with Gasteiger partial charge in [-0.15, -0.1) is 0 Å². The molecule has 2 N–H and O–H groups in total. The average molecular weight is 176 g/mol. The molecule has 70 valence electrons. The molecule has 1 aromatic rings. The molecule has 0 radical (unpaired) electrons. The van der Waals surface area contributed by atoms with E-state index in [4.69, 9.17) is 0 Å². The summed E-state index contributed by atoms with van der Waals surface area (Å²) in [5, 5.41) is 6.67. The Kier molecular flexibility index (Phi) is 2.50. The van der Waals surface area contributed by atoms with Gasteiger partial charge in [0.2, 0.25) is 0 Å². The molecular formula is C11H16N2. The van der Waals surface area contributed by atoms with E-state index in [9.17, 15) is 0 Å². The van der Waals surface area contributed by atoms with E-state index in [1.165, 1.54) is 17.7 Å². The third-order valence-corrected chi connectivity index (χ3v) is 2.66. The first-order valence-electron chi connectivity index (χ1n) is 4.89. The Morgan fingerprint density at radius 2 is 2.31 bits per heavy atom. The predicted octanol–water partition coefficient (Wildman–Crippen LogP) is 1.81. The molecule has 1 aromatic carbocycles. The van der Waals surface area contributed by atoms with Crippen molar-refractivity contribution in [2.24, 2.45) is 0 Å². The van der Waals surface area contributed by atoms with Crippen molar-refractivity contribution in [2.75, 3.05) is 25.5 Å². The number of nitrogens with one attached hydrogen (secondary N) is 2. The van der Waals surface area contributed by atoms with Crippen molar-refractivity contribution in [1.82, 2.24) is 5.32 Å². The molecule has 0 aromatic heterocycles. The lowest BCUT2D eigenvalue weighted by Gasteiger charge is -2.26. The molecule has 0 bridgehead atoms. The predicted molar refractivity (Wildman–Crippen MR) is 56.2 cm³/mol. The van der Waals surface area contributed by atoms with Crippen molar-refractivity contribution in [3.63, 3.8) is 0 Å². The SMILES string of the molecule is CNCC1CCNc2ccccc21. The smallest absolute Gasteiger partial charge is 0.0376 e. The third-order valence-electron chi connectivity index (χ3n) is 2.66. The van der Waals surface area contributed by atoms with Gasteiger partial charge in [0.25, 0.3) is 0 Å². The highest BCUT2D eigenvalue weighted by Gasteiger charge is 2.17. The highest BCUT2D eigenvalue weighted by molar-refractivity contribution is 5.54. The van der Waals surface area contributed by atoms with E-state index in [1.807, 2.05) is 7.05 Å². The van der Waals surface area contributed by atoms with Crippen LogP contribution >= 0.6 is 0 Å². The normalized spacial score (nSPS) is 20.5. The van der Waals surface area contributed by atoms with E-state index >= 15 is 0 Å². The molecular weight excluding hydrogens is 160 g/mol. The highest BCUT2D eigenvalue weighted by Crippen LogP contribution is 2.30. The Morgan fingerprint density at radius 3 is 3.15 bits per heavy atom. The number of rotatable bonds is 2. The average Bonchev–Trinajstić information content (AvgIpc) is 2.19. The lowest BCUT2D eigenvalue weighted by molar-refractivity contribution is 0.586. The first-order valence-corrected chi connectivity index (χ1v) is 4.89. The maximum Gasteiger partial charge on any atom is 0.0376 e. The first kappa shape index (κ1) is 8.57. The monoisotopic (exact) mass is 176 g/mol. The standard InChI is InChI=1S/C11H16N2/c1-12-8-9-6-7-13-11-5-3-2-4-10(9)11/h2-5,9,12-13H,6-8H2,1H3. The first-order chi connectivity index (χ1) is 6.42. The number of anilines is 1. The summed E-state index contributed by atoms with van der Waals surface area (Å²) in [4.78, 5) is 0. The van der Waals surface area contributed by atoms with Crippen LogP contribution in [0.2, 0.25) is 0 Å². The summed E-state index contributed by atoms with van der Waals surface area (Å²) in [5.41, 5.74) is 2.78. The van der Waals surface area contributed by atoms with Crippen molar-refractivity contribution in [3.8, 4) is 0 Å². The summed E-state index contributed by atoms with van der Waals surface area (Å²) in [5.74, 6) is 0.683. The van der Waals surface area contributed by atoms with Gasteiger partial charge in [-0.05, 0) is 25.1 Å². The lowest BCUT2D eigenvalue weighted by atomic mass is 9.91. The number of likely N-dealkylation sites (N-methyl/N-ethyl adjacent to an activating group) is 1. The Morgan fingerprint density at radius 1 is 1.46 bits per heavy atom. The molecule has 0 spiro atoms. The third kappa shape index (κ3) is 1.68. The molecule has 2 nitrogen and oxygen atoms in total. The molecule has 1 aliphatic rings. The van der Waals surface area contributed by atoms with Gasteiger partial charge in [0.1, 0.15) is 0 Å². The zero-order valence-electron chi connectivity index (χ0n) is 8.01. The van der Waals surface area contributed by atoms with Crippen LogP contribution in [0.15, 0.2) is 24.3 Å². The van der Waals surface area contributed by atoms with Crippen LogP contribution in [-0.4, -0.2) is 20.1 Å². The zero-order valence-corrected chi connectivity index (χ0v) is 8.01. The summed E-state index contributed by atoms with van der Waals surface area (Å²) < 4.78 is 0. The van der Waals surface area contributed by atoms with Gasteiger partial charge in [0.15, 0.2) is 0 Å². The van der Waals surface area contributed by atoms with Crippen LogP contribution in [-0.2, 0) is 0 Å². The maximum atomic E-state index is 3.42. The van der Waals surface area contributed by atoms with Crippen LogP contribution in [0.4, 0.5) is 5.69 Å². The molecule has 0 saturated carbocycles. The van der Waals surface area contributed by atoms with Crippen LogP contribution in [0.1, 0.15) is 17.9 Å². The number of para-hydroxylation sites is 1. The second-order valence-electron chi connectivity index (χ2n) is 3.56. The summed E-state index contributed by atoms with van der Waals surface area (Å²) in [6, 6.07) is 8.60. The topological polar surface area (TPSA) is 24.1 Å². The molecule has 0 aliphatic carbocycles. The minimum absolute atomic E-state index is 0.683. The summed E-state index contributed by atoms with van der Waals surface area (Å²) >= 11 is 0. The Hall–Kier alpha value is -1.02. The zero-order chi connectivity index (χ0) is 9.10. The van der Waals surface area contributed by atoms with Gasteiger partial charge in [0, 0.05) is 24.7 Å². The van der Waals surface area contributed by atoms with Crippen molar-refractivity contribution in [1.29, 1.82) is 0 Å². The van der Waals surface area contributed by atoms with Crippen LogP contribution in [0, 0.1) is 0 Å². The molecule has 13 heavy (non-hydrogen) atoms. The van der Waals surface area contributed by atoms with Crippen LogP contribution in [0.25, 0.3) is 0 Å². The van der Waals surface area contributed by atoms with Crippen LogP contribution < -0.4 is 10.6 Å². The molecule has 0 amide bonds. The van der Waals surface area contributed by atoms with Crippen molar-refractivity contribution >= 4 is 5.69 Å². The van der Waals surface area contributed by atoms with Crippen molar-refractivity contribution in [3.05, 3.63) is 29.8 Å². The van der Waals surface area contributed by atoms with Gasteiger partial charge >= 0.3 is 0 Å². The molecule has 1 unspecified atom stereocenters. The van der Waals surface area contributed by atoms with Crippen molar-refractivity contribution < 1.29 is 0 Å². The molecule has 2 rings (SSSR count). The van der Waals surface area contributed by atoms with Crippen molar-refractivity contribution in [2.45, 2.75) is 12.3 Å². The fraction of sp³-hybridized carbons (Fsp3) is 0.455. The highest BCUT2D eigenvalue weighted by atomic mass is 14.9. The van der Waals surface area contributed by atoms with Gasteiger partial charge in [-0.1, -0.05) is 18.2 Å². The van der Waals surface area contributed by atoms with E-state index in [-0.39, 0.29) is 0 Å². The molecule has 1 heterocycles. The van der Waals surface area contributed by atoms with E-state index in [2.05, 4.69) is 34.9 Å². The Bertz CT molecular complexity index is 283. The van der Waals surface area contributed by atoms with E-state index in [0.29, 0.717) is 5.92 Å². The maximum absolute atomic E-state index is 3.42. The number of fused-ring (bicyclic) bond motifs is 1. The number of benzene rings is 1. The van der Waals surface area contributed by atoms with Crippen LogP contribution in [0.5, 0.6) is 0 Å². The van der Waals surface area contributed by atoms with Gasteiger partial charge in [-0.2, -0.15) is 0 Å². The van der Waals surface area contributed by atoms with Crippen LogP contribution in [0.3, 0.4) is 0 Å². The fourth-order valence-electron chi connectivity index (χ4n) is 2.01. The summed E-state index contributed by atoms with van der Waals surface area (Å²) in [6.07, 6.45) is 1.23. The second kappa shape index (κ2) is 3.79. The lowest BCUT2D eigenvalue weighted by Crippen LogP contribution is -2.24. The molecule has 2 heteroatoms. The minimum Gasteiger partial charge on any atom is -0.385 e. The molecule has 1 aliphatic heterocycles. The van der Waals surface area contributed by atoms with Gasteiger partial charge in [0.05, 0.1) is 0 Å². The van der Waals surface area contributed by atoms with E-state index in [0.717, 1.165) is 13.1 Å². The quantitative estimate of drug-likeness (QED) is 0.718. The second-order valence-corrected chi connectivity index (χ2v) is 3.56. The van der Waals surface area contributed by atoms with E-state index < -0.39 is 0 Å². The molecule has 0 fully saturated rings. The summed E-state index contributed by atoms with van der Waals surface area (Å²) in [6.45, 7) is 2.18. The number of hydrogen-bond donors (Lipinski definition) is 2.